The summed E-state index contributed by atoms with van der Waals surface area (Å²) in [4.78, 5) is 153. The van der Waals surface area contributed by atoms with Gasteiger partial charge in [0.15, 0.2) is 0 Å². The minimum atomic E-state index is -1.68. The summed E-state index contributed by atoms with van der Waals surface area (Å²) in [6.07, 6.45) is 0.642. The fourth-order valence-corrected chi connectivity index (χ4v) is 8.86. The third-order valence-electron chi connectivity index (χ3n) is 13.6. The van der Waals surface area contributed by atoms with Gasteiger partial charge in [-0.25, -0.2) is 0 Å². The fourth-order valence-electron chi connectivity index (χ4n) is 8.86. The van der Waals surface area contributed by atoms with Crippen molar-refractivity contribution in [2.24, 2.45) is 23.1 Å². The van der Waals surface area contributed by atoms with Gasteiger partial charge in [0.1, 0.15) is 60.4 Å². The van der Waals surface area contributed by atoms with Gasteiger partial charge in [-0.3, -0.25) is 52.7 Å². The molecule has 11 amide bonds. The topological polar surface area (TPSA) is 439 Å². The highest BCUT2D eigenvalue weighted by Crippen LogP contribution is 2.12. The largest absolute Gasteiger partial charge is 0.391 e. The summed E-state index contributed by atoms with van der Waals surface area (Å²) >= 11 is 0. The molecule has 0 aromatic heterocycles. The van der Waals surface area contributed by atoms with Crippen LogP contribution in [0.3, 0.4) is 0 Å². The molecule has 2 rings (SSSR count). The van der Waals surface area contributed by atoms with E-state index in [-0.39, 0.29) is 76.9 Å². The molecule has 1 fully saturated rings. The Morgan fingerprint density at radius 1 is 0.585 bits per heavy atom. The number of rotatable bonds is 27. The van der Waals surface area contributed by atoms with E-state index in [0.29, 0.717) is 12.0 Å². The lowest BCUT2D eigenvalue weighted by molar-refractivity contribution is -0.137. The van der Waals surface area contributed by atoms with Crippen LogP contribution < -0.4 is 75.7 Å². The Morgan fingerprint density at radius 2 is 1.11 bits per heavy atom. The Morgan fingerprint density at radius 3 is 1.67 bits per heavy atom. The van der Waals surface area contributed by atoms with Crippen LogP contribution in [0.4, 0.5) is 0 Å². The van der Waals surface area contributed by atoms with Crippen LogP contribution >= 0.6 is 0 Å². The van der Waals surface area contributed by atoms with Gasteiger partial charge in [0.05, 0.1) is 12.2 Å². The van der Waals surface area contributed by atoms with E-state index in [9.17, 15) is 63.0 Å². The molecule has 82 heavy (non-hydrogen) atoms. The van der Waals surface area contributed by atoms with E-state index in [2.05, 4.69) is 65.4 Å². The Labute approximate surface area is 481 Å². The van der Waals surface area contributed by atoms with Crippen LogP contribution in [0.1, 0.15) is 138 Å². The summed E-state index contributed by atoms with van der Waals surface area (Å²) in [6.45, 7) is 10.5. The number of nitrogens with two attached hydrogens (primary N) is 3. The van der Waals surface area contributed by atoms with Crippen molar-refractivity contribution in [3.8, 4) is 0 Å². The van der Waals surface area contributed by atoms with Crippen molar-refractivity contribution in [3.63, 3.8) is 0 Å². The van der Waals surface area contributed by atoms with Crippen molar-refractivity contribution in [1.82, 2.24) is 58.5 Å². The number of hydrogen-bond acceptors (Lipinski definition) is 16. The van der Waals surface area contributed by atoms with Crippen LogP contribution in [0.5, 0.6) is 0 Å². The summed E-state index contributed by atoms with van der Waals surface area (Å²) in [6, 6.07) is -5.57. The van der Waals surface area contributed by atoms with Gasteiger partial charge in [0.2, 0.25) is 65.0 Å². The van der Waals surface area contributed by atoms with E-state index in [1.54, 1.807) is 58.0 Å². The molecule has 0 aliphatic carbocycles. The van der Waals surface area contributed by atoms with Crippen molar-refractivity contribution in [2.75, 3.05) is 26.2 Å². The Kier molecular flexibility index (Phi) is 33.1. The van der Waals surface area contributed by atoms with Crippen molar-refractivity contribution in [1.29, 1.82) is 0 Å². The summed E-state index contributed by atoms with van der Waals surface area (Å²) < 4.78 is 0. The number of aliphatic hydroxyl groups is 2. The molecule has 12 atom stereocenters. The van der Waals surface area contributed by atoms with E-state index in [0.717, 1.165) is 25.7 Å². The van der Waals surface area contributed by atoms with Gasteiger partial charge in [-0.05, 0) is 96.3 Å². The highest BCUT2D eigenvalue weighted by atomic mass is 16.3. The standard InChI is InChI=1S/C55H94N14O13/c1-8-11-12-13-17-20-43(72)60-37(21-25-56)51(78)69-45(33(7)71)55(82)65-39(23-27-58)49(76)64-40-24-28-59-54(81)44(32(6)70)68-47(74)36(10-3)62-48(75)38(22-26-57)63-52(79)41(29-31(4)5)66-53(80)42(30-34-18-15-14-16-19-34)67-46(73)35(9-2)61-50(40)77/h14-16,18-19,31-33,35-42,44-45,70-71H,8-13,17,20-30,56-58H2,1-7H3,(H,59,81)(H,60,72)(H,61,77)(H,62,75)(H,63,79)(H,64,76)(H,65,82)(H,66,80)(H,67,73)(H,68,74)(H,69,78)/t32-,33-,35+,36+,37+,38+,39+,40+,41+,42+,44+,45+/m1/s1. The van der Waals surface area contributed by atoms with Gasteiger partial charge in [-0.2, -0.15) is 0 Å². The smallest absolute Gasteiger partial charge is 0.245 e. The maximum absolute atomic E-state index is 14.4. The molecule has 0 radical (unpaired) electrons. The number of unbranched alkanes of at least 4 members (excludes halogenated alkanes) is 4. The van der Waals surface area contributed by atoms with Crippen LogP contribution in [-0.2, 0) is 59.2 Å². The van der Waals surface area contributed by atoms with Gasteiger partial charge in [-0.1, -0.05) is 90.6 Å². The van der Waals surface area contributed by atoms with Crippen LogP contribution in [0.15, 0.2) is 30.3 Å². The summed E-state index contributed by atoms with van der Waals surface area (Å²) in [5.74, 6) is -9.48. The molecule has 1 saturated heterocycles. The van der Waals surface area contributed by atoms with Gasteiger partial charge in [0.25, 0.3) is 0 Å². The van der Waals surface area contributed by atoms with Gasteiger partial charge < -0.3 is 85.9 Å². The van der Waals surface area contributed by atoms with Crippen LogP contribution in [0.25, 0.3) is 0 Å². The SMILES string of the molecule is CCCCCCCC(=O)N[C@@H](CCN)C(=O)N[C@H](C(=O)N[C@@H](CCN)C(=O)N[C@H]1CCNC(=O)[C@H]([C@@H](C)O)NC(=O)[C@H](CC)NC(=O)[C@H](CCN)NC(=O)[C@H](CC(C)C)NC(=O)[C@H](Cc2ccccc2)NC(=O)[C@H](CC)NC1=O)[C@@H](C)O. The van der Waals surface area contributed by atoms with E-state index in [1.807, 2.05) is 0 Å². The third kappa shape index (κ3) is 25.1. The summed E-state index contributed by atoms with van der Waals surface area (Å²) in [5.41, 5.74) is 18.1. The highest BCUT2D eigenvalue weighted by molar-refractivity contribution is 5.99. The average molecular weight is 1160 g/mol. The Hall–Kier alpha value is -6.81. The van der Waals surface area contributed by atoms with Crippen LogP contribution in [0.2, 0.25) is 0 Å². The predicted molar refractivity (Wildman–Crippen MR) is 305 cm³/mol. The van der Waals surface area contributed by atoms with Crippen molar-refractivity contribution >= 4 is 65.0 Å². The zero-order chi connectivity index (χ0) is 61.5. The molecule has 1 heterocycles. The summed E-state index contributed by atoms with van der Waals surface area (Å²) in [7, 11) is 0. The number of hydrogen-bond donors (Lipinski definition) is 16. The number of nitrogens with one attached hydrogen (secondary N) is 11. The van der Waals surface area contributed by atoms with Gasteiger partial charge in [0, 0.05) is 19.4 Å². The maximum atomic E-state index is 14.4. The molecular formula is C55H94N14O13. The number of carbonyl (C=O) groups excluding carboxylic acids is 11. The second-order valence-electron chi connectivity index (χ2n) is 21.1. The molecule has 0 saturated carbocycles. The molecule has 1 aliphatic heterocycles. The molecule has 0 bridgehead atoms. The molecule has 1 aromatic rings. The minimum Gasteiger partial charge on any atom is -0.391 e. The quantitative estimate of drug-likeness (QED) is 0.0383. The zero-order valence-corrected chi connectivity index (χ0v) is 48.7. The third-order valence-corrected chi connectivity index (χ3v) is 13.6. The zero-order valence-electron chi connectivity index (χ0n) is 48.7. The molecule has 27 nitrogen and oxygen atoms in total. The van der Waals surface area contributed by atoms with Crippen LogP contribution in [0, 0.1) is 5.92 Å². The first-order chi connectivity index (χ1) is 38.9. The molecule has 1 aliphatic rings. The van der Waals surface area contributed by atoms with Gasteiger partial charge in [-0.15, -0.1) is 0 Å². The number of benzene rings is 1. The maximum Gasteiger partial charge on any atom is 0.245 e. The second kappa shape index (κ2) is 38.1. The Balaban J connectivity index is 2.63. The monoisotopic (exact) mass is 1160 g/mol. The fraction of sp³-hybridized carbons (Fsp3) is 0.691. The lowest BCUT2D eigenvalue weighted by Gasteiger charge is -2.28. The van der Waals surface area contributed by atoms with E-state index in [1.165, 1.54) is 13.8 Å². The lowest BCUT2D eigenvalue weighted by atomic mass is 10.00. The molecule has 462 valence electrons. The van der Waals surface area contributed by atoms with E-state index < -0.39 is 151 Å². The van der Waals surface area contributed by atoms with Crippen LogP contribution in [-0.4, -0.2) is 174 Å². The molecule has 27 heteroatoms. The molecule has 0 spiro atoms. The number of amides is 11. The minimum absolute atomic E-state index is 0.00361. The average Bonchev–Trinajstić information content (AvgIpc) is 3.43. The normalized spacial score (nSPS) is 22.9. The molecular weight excluding hydrogens is 1060 g/mol. The number of aliphatic hydroxyl groups excluding tert-OH is 2. The Bertz CT molecular complexity index is 2240. The first kappa shape index (κ1) is 71.3. The lowest BCUT2D eigenvalue weighted by Crippen LogP contribution is -2.62. The van der Waals surface area contributed by atoms with E-state index in [4.69, 9.17) is 17.2 Å². The van der Waals surface area contributed by atoms with Gasteiger partial charge >= 0.3 is 0 Å². The molecule has 1 aromatic carbocycles. The van der Waals surface area contributed by atoms with E-state index >= 15 is 0 Å². The highest BCUT2D eigenvalue weighted by Gasteiger charge is 2.37. The summed E-state index contributed by atoms with van der Waals surface area (Å²) in [5, 5.41) is 49.8. The predicted octanol–water partition coefficient (Wildman–Crippen LogP) is -3.37. The van der Waals surface area contributed by atoms with Crippen molar-refractivity contribution < 1.29 is 63.0 Å². The van der Waals surface area contributed by atoms with Crippen molar-refractivity contribution in [3.05, 3.63) is 35.9 Å². The number of carbonyl (C=O) groups is 11. The first-order valence-corrected chi connectivity index (χ1v) is 28.8. The first-order valence-electron chi connectivity index (χ1n) is 28.8. The molecule has 19 N–H and O–H groups in total. The van der Waals surface area contributed by atoms with Crippen molar-refractivity contribution in [2.45, 2.75) is 211 Å². The second-order valence-corrected chi connectivity index (χ2v) is 21.1. The molecule has 0 unspecified atom stereocenters.